The van der Waals surface area contributed by atoms with E-state index in [9.17, 15) is 19.5 Å². The molecule has 15 heteroatoms. The number of likely N-dealkylation sites (N-methyl/N-ethyl adjacent to an activating group) is 1. The van der Waals surface area contributed by atoms with Crippen LogP contribution >= 0.6 is 11.3 Å². The number of anilines is 1. The maximum absolute atomic E-state index is 15.7. The van der Waals surface area contributed by atoms with Crippen molar-refractivity contribution in [1.82, 2.24) is 25.0 Å². The number of aromatic nitrogens is 1. The van der Waals surface area contributed by atoms with E-state index in [4.69, 9.17) is 19.2 Å². The number of ether oxygens (including phenoxy) is 3. The van der Waals surface area contributed by atoms with Gasteiger partial charge in [0.05, 0.1) is 43.4 Å². The molecule has 0 radical (unpaired) electrons. The van der Waals surface area contributed by atoms with Gasteiger partial charge in [-0.1, -0.05) is 38.1 Å². The molecule has 2 fully saturated rings. The average Bonchev–Trinajstić information content (AvgIpc) is 3.72. The maximum atomic E-state index is 15.7. The summed E-state index contributed by atoms with van der Waals surface area (Å²) >= 11 is 1.58. The predicted octanol–water partition coefficient (Wildman–Crippen LogP) is 5.36. The van der Waals surface area contributed by atoms with Gasteiger partial charge >= 0.3 is 0 Å². The van der Waals surface area contributed by atoms with Crippen molar-refractivity contribution in [2.24, 2.45) is 0 Å². The Morgan fingerprint density at radius 3 is 2.64 bits per heavy atom. The summed E-state index contributed by atoms with van der Waals surface area (Å²) in [7, 11) is 0. The highest BCUT2D eigenvalue weighted by Crippen LogP contribution is 2.39. The van der Waals surface area contributed by atoms with Gasteiger partial charge in [0, 0.05) is 62.7 Å². The molecule has 3 aromatic rings. The summed E-state index contributed by atoms with van der Waals surface area (Å²) in [6, 6.07) is 8.85. The summed E-state index contributed by atoms with van der Waals surface area (Å²) < 4.78 is 33.4. The zero-order valence-corrected chi connectivity index (χ0v) is 35.0. The Labute approximate surface area is 345 Å². The number of fused-ring (bicyclic) bond motifs is 1. The van der Waals surface area contributed by atoms with Gasteiger partial charge < -0.3 is 39.8 Å². The van der Waals surface area contributed by atoms with Gasteiger partial charge in [0.25, 0.3) is 11.8 Å². The molecule has 3 amide bonds. The minimum atomic E-state index is -0.391. The average molecular weight is 823 g/mol. The van der Waals surface area contributed by atoms with Crippen molar-refractivity contribution in [2.45, 2.75) is 83.8 Å². The normalized spacial score (nSPS) is 16.6. The van der Waals surface area contributed by atoms with Crippen molar-refractivity contribution in [2.75, 3.05) is 84.1 Å². The molecule has 2 saturated heterocycles. The standard InChI is InChI=1S/C43H59FN6O7S/c1-4-30(5-2)41-46-34(28-58-41)42(54)50-22-25-57-43(29-50)15-19-48(20-16-43)26-33-9-7-8-31(38(33)44)13-23-55-24-14-37(53)49(6-3)21-18-45-17-12-32-10-11-35(51)39-40(32)56-27-36(52)47-39/h7-11,28,30,45,51H,4-6,12-27,29H2,1-3H3,(H,47,52). The van der Waals surface area contributed by atoms with Crippen molar-refractivity contribution in [3.63, 3.8) is 0 Å². The van der Waals surface area contributed by atoms with E-state index in [2.05, 4.69) is 29.4 Å². The number of phenolic OH excluding ortho intramolecular Hbond substituents is 1. The lowest BCUT2D eigenvalue weighted by atomic mass is 9.89. The van der Waals surface area contributed by atoms with Crippen LogP contribution in [-0.2, 0) is 38.4 Å². The van der Waals surface area contributed by atoms with Gasteiger partial charge in [0.2, 0.25) is 5.91 Å². The van der Waals surface area contributed by atoms with Crippen molar-refractivity contribution in [3.05, 3.63) is 68.9 Å². The maximum Gasteiger partial charge on any atom is 0.273 e. The van der Waals surface area contributed by atoms with Crippen LogP contribution in [0.15, 0.2) is 35.7 Å². The monoisotopic (exact) mass is 822 g/mol. The lowest BCUT2D eigenvalue weighted by molar-refractivity contribution is -0.132. The first-order valence-corrected chi connectivity index (χ1v) is 21.7. The van der Waals surface area contributed by atoms with Gasteiger partial charge in [-0.25, -0.2) is 9.37 Å². The number of morpholine rings is 1. The van der Waals surface area contributed by atoms with E-state index in [-0.39, 0.29) is 48.9 Å². The van der Waals surface area contributed by atoms with Crippen LogP contribution in [0.2, 0.25) is 0 Å². The highest BCUT2D eigenvalue weighted by molar-refractivity contribution is 7.09. The van der Waals surface area contributed by atoms with E-state index in [0.717, 1.165) is 49.3 Å². The van der Waals surface area contributed by atoms with Crippen LogP contribution in [-0.4, -0.2) is 127 Å². The third-order valence-corrected chi connectivity index (χ3v) is 12.6. The zero-order valence-electron chi connectivity index (χ0n) is 34.2. The van der Waals surface area contributed by atoms with E-state index in [1.807, 2.05) is 29.3 Å². The molecule has 0 aliphatic carbocycles. The second-order valence-electron chi connectivity index (χ2n) is 15.4. The second kappa shape index (κ2) is 20.7. The summed E-state index contributed by atoms with van der Waals surface area (Å²) in [6.45, 7) is 12.7. The van der Waals surface area contributed by atoms with Crippen LogP contribution < -0.4 is 15.4 Å². The lowest BCUT2D eigenvalue weighted by Crippen LogP contribution is -2.58. The van der Waals surface area contributed by atoms with Crippen molar-refractivity contribution < 1.29 is 38.1 Å². The Bertz CT molecular complexity index is 1860. The minimum absolute atomic E-state index is 0.000961. The summed E-state index contributed by atoms with van der Waals surface area (Å²) in [6.07, 6.45) is 4.85. The summed E-state index contributed by atoms with van der Waals surface area (Å²) in [5, 5.41) is 19.0. The van der Waals surface area contributed by atoms with Gasteiger partial charge in [-0.15, -0.1) is 11.3 Å². The van der Waals surface area contributed by atoms with Crippen LogP contribution in [0.25, 0.3) is 0 Å². The Kier molecular flexibility index (Phi) is 15.5. The number of rotatable bonds is 19. The van der Waals surface area contributed by atoms with Gasteiger partial charge in [-0.2, -0.15) is 0 Å². The van der Waals surface area contributed by atoms with Crippen LogP contribution in [0.1, 0.15) is 91.0 Å². The van der Waals surface area contributed by atoms with Crippen molar-refractivity contribution >= 4 is 34.7 Å². The smallest absolute Gasteiger partial charge is 0.273 e. The fourth-order valence-corrected chi connectivity index (χ4v) is 9.10. The van der Waals surface area contributed by atoms with E-state index in [1.165, 1.54) is 0 Å². The molecule has 2 aromatic carbocycles. The van der Waals surface area contributed by atoms with Gasteiger partial charge in [0.1, 0.15) is 22.9 Å². The summed E-state index contributed by atoms with van der Waals surface area (Å²) in [4.78, 5) is 48.6. The first kappa shape index (κ1) is 43.4. The third-order valence-electron chi connectivity index (χ3n) is 11.6. The lowest BCUT2D eigenvalue weighted by Gasteiger charge is -2.47. The molecule has 13 nitrogen and oxygen atoms in total. The SMILES string of the molecule is CCC(CC)c1nc(C(=O)N2CCOC3(CCN(Cc4cccc(CCOCCC(=O)N(CC)CCNCCc5ccc(O)c6c5OCC(=O)N6)c4F)CC3)C2)cs1. The number of aromatic hydroxyl groups is 1. The molecule has 316 valence electrons. The third kappa shape index (κ3) is 10.9. The van der Waals surface area contributed by atoms with Gasteiger partial charge in [0.15, 0.2) is 12.4 Å². The molecule has 0 unspecified atom stereocenters. The largest absolute Gasteiger partial charge is 0.506 e. The number of carbonyl (C=O) groups is 3. The Hall–Kier alpha value is -4.15. The van der Waals surface area contributed by atoms with E-state index in [1.54, 1.807) is 34.4 Å². The molecule has 0 bridgehead atoms. The predicted molar refractivity (Wildman–Crippen MR) is 221 cm³/mol. The molecule has 6 rings (SSSR count). The molecule has 1 spiro atoms. The fourth-order valence-electron chi connectivity index (χ4n) is 8.04. The van der Waals surface area contributed by atoms with Crippen molar-refractivity contribution in [1.29, 1.82) is 0 Å². The topological polar surface area (TPSA) is 146 Å². The molecule has 4 heterocycles. The molecule has 3 aliphatic heterocycles. The molecular formula is C43H59FN6O7S. The molecule has 0 atom stereocenters. The number of halogens is 1. The number of piperidine rings is 1. The first-order valence-electron chi connectivity index (χ1n) is 20.8. The number of benzene rings is 2. The number of amides is 3. The Morgan fingerprint density at radius 1 is 1.07 bits per heavy atom. The quantitative estimate of drug-likeness (QED) is 0.107. The molecule has 58 heavy (non-hydrogen) atoms. The summed E-state index contributed by atoms with van der Waals surface area (Å²) in [5.74, 6) is 0.321. The number of thiazole rings is 1. The second-order valence-corrected chi connectivity index (χ2v) is 16.3. The number of nitrogens with zero attached hydrogens (tertiary/aromatic N) is 4. The summed E-state index contributed by atoms with van der Waals surface area (Å²) in [5.41, 5.74) is 2.57. The van der Waals surface area contributed by atoms with Crippen LogP contribution in [0.4, 0.5) is 10.1 Å². The zero-order chi connectivity index (χ0) is 41.1. The number of likely N-dealkylation sites (tertiary alicyclic amines) is 1. The number of nitrogens with one attached hydrogen (secondary N) is 2. The molecule has 3 N–H and O–H groups in total. The Morgan fingerprint density at radius 2 is 1.86 bits per heavy atom. The highest BCUT2D eigenvalue weighted by atomic mass is 32.1. The fraction of sp³-hybridized carbons (Fsp3) is 0.581. The van der Waals surface area contributed by atoms with E-state index < -0.39 is 5.60 Å². The van der Waals surface area contributed by atoms with Gasteiger partial charge in [-0.3, -0.25) is 19.3 Å². The first-order chi connectivity index (χ1) is 28.1. The molecular weight excluding hydrogens is 764 g/mol. The van der Waals surface area contributed by atoms with Crippen LogP contribution in [0, 0.1) is 5.82 Å². The molecule has 0 saturated carbocycles. The number of hydrogen-bond acceptors (Lipinski definition) is 11. The number of carbonyl (C=O) groups excluding carboxylic acids is 3. The molecule has 1 aromatic heterocycles. The van der Waals surface area contributed by atoms with Crippen molar-refractivity contribution in [3.8, 4) is 11.5 Å². The van der Waals surface area contributed by atoms with Crippen LogP contribution in [0.5, 0.6) is 11.5 Å². The van der Waals surface area contributed by atoms with E-state index in [0.29, 0.717) is 106 Å². The Balaban J connectivity index is 0.876. The van der Waals surface area contributed by atoms with E-state index >= 15 is 4.39 Å². The van der Waals surface area contributed by atoms with Gasteiger partial charge in [-0.05, 0) is 69.2 Å². The molecule has 3 aliphatic rings. The number of hydrogen-bond donors (Lipinski definition) is 3. The highest BCUT2D eigenvalue weighted by Gasteiger charge is 2.41. The minimum Gasteiger partial charge on any atom is -0.506 e. The number of phenols is 1. The van der Waals surface area contributed by atoms with Crippen LogP contribution in [0.3, 0.4) is 0 Å².